The molecule has 46 heavy (non-hydrogen) atoms. The molecule has 0 bridgehead atoms. The van der Waals surface area contributed by atoms with Crippen molar-refractivity contribution in [2.75, 3.05) is 0 Å². The Balaban J connectivity index is 0.000000230. The molecule has 0 fully saturated rings. The van der Waals surface area contributed by atoms with E-state index in [4.69, 9.17) is 15.5 Å². The average Bonchev–Trinajstić information content (AvgIpc) is 3.05. The number of halogens is 4. The molecule has 0 heterocycles. The highest BCUT2D eigenvalue weighted by molar-refractivity contribution is 7.35. The van der Waals surface area contributed by atoms with Crippen LogP contribution in [0.1, 0.15) is 47.1 Å². The maximum absolute atomic E-state index is 14.3. The summed E-state index contributed by atoms with van der Waals surface area (Å²) in [5.41, 5.74) is 0.00638. The fourth-order valence-electron chi connectivity index (χ4n) is 5.99. The molecule has 1 nitrogen and oxygen atoms in total. The summed E-state index contributed by atoms with van der Waals surface area (Å²) in [6.07, 6.45) is 0. The second-order valence-electron chi connectivity index (χ2n) is 13.4. The third-order valence-corrected chi connectivity index (χ3v) is 20.7. The lowest BCUT2D eigenvalue weighted by molar-refractivity contribution is 0.277. The molecule has 0 saturated heterocycles. The Kier molecular flexibility index (Phi) is 11.2. The molecule has 0 N–H and O–H groups in total. The standard InChI is InChI=1S/C23H23F3OSi.C16H19ClSi/c1-23(2,3)28(18-10-6-4-7-11-18,19-12-8-5-9-13-19)27-16-17-14-15-20(24)22(26)21(17)25;1-16(2,3)18(17,14-10-6-4-7-11-14)15-12-8-5-9-13-15/h4-15H,16H2,1-3H3;4-13H,1-3H3. The van der Waals surface area contributed by atoms with Crippen molar-refractivity contribution >= 4 is 47.5 Å². The van der Waals surface area contributed by atoms with Crippen molar-refractivity contribution in [2.45, 2.75) is 58.2 Å². The molecule has 0 amide bonds. The van der Waals surface area contributed by atoms with Crippen molar-refractivity contribution in [3.8, 4) is 0 Å². The van der Waals surface area contributed by atoms with Crippen LogP contribution in [0.15, 0.2) is 133 Å². The van der Waals surface area contributed by atoms with Gasteiger partial charge in [-0.3, -0.25) is 0 Å². The zero-order valence-electron chi connectivity index (χ0n) is 27.3. The van der Waals surface area contributed by atoms with E-state index >= 15 is 0 Å². The average molecular weight is 675 g/mol. The van der Waals surface area contributed by atoms with Crippen LogP contribution in [0, 0.1) is 17.5 Å². The molecule has 0 saturated carbocycles. The highest BCUT2D eigenvalue weighted by Gasteiger charge is 2.50. The van der Waals surface area contributed by atoms with Gasteiger partial charge >= 0.3 is 0 Å². The molecule has 7 heteroatoms. The van der Waals surface area contributed by atoms with Crippen LogP contribution in [0.3, 0.4) is 0 Å². The van der Waals surface area contributed by atoms with Gasteiger partial charge in [-0.15, -0.1) is 0 Å². The molecule has 0 atom stereocenters. The third kappa shape index (κ3) is 7.26. The number of rotatable bonds is 7. The van der Waals surface area contributed by atoms with Crippen LogP contribution < -0.4 is 20.7 Å². The zero-order chi connectivity index (χ0) is 33.6. The summed E-state index contributed by atoms with van der Waals surface area (Å²) in [4.78, 5) is 0. The van der Waals surface area contributed by atoms with Gasteiger partial charge in [0, 0.05) is 5.56 Å². The van der Waals surface area contributed by atoms with Gasteiger partial charge < -0.3 is 4.43 Å². The van der Waals surface area contributed by atoms with E-state index in [9.17, 15) is 13.2 Å². The minimum atomic E-state index is -2.87. The first-order valence-electron chi connectivity index (χ1n) is 15.4. The monoisotopic (exact) mass is 674 g/mol. The molecule has 0 aliphatic rings. The number of hydrogen-bond donors (Lipinski definition) is 0. The second-order valence-corrected chi connectivity index (χ2v) is 23.4. The van der Waals surface area contributed by atoms with E-state index in [1.807, 2.05) is 72.8 Å². The number of hydrogen-bond acceptors (Lipinski definition) is 1. The quantitative estimate of drug-likeness (QED) is 0.0952. The fourth-order valence-corrected chi connectivity index (χ4v) is 14.6. The smallest absolute Gasteiger partial charge is 0.261 e. The lowest BCUT2D eigenvalue weighted by Crippen LogP contribution is -2.66. The van der Waals surface area contributed by atoms with Gasteiger partial charge in [0.2, 0.25) is 7.38 Å². The largest absolute Gasteiger partial charge is 0.403 e. The Morgan fingerprint density at radius 2 is 0.870 bits per heavy atom. The van der Waals surface area contributed by atoms with Crippen molar-refractivity contribution in [2.24, 2.45) is 0 Å². The Hall–Kier alpha value is -3.43. The van der Waals surface area contributed by atoms with E-state index in [0.717, 1.165) is 16.4 Å². The lowest BCUT2D eigenvalue weighted by Gasteiger charge is -2.43. The van der Waals surface area contributed by atoms with E-state index in [0.29, 0.717) is 0 Å². The summed E-state index contributed by atoms with van der Waals surface area (Å²) in [6.45, 7) is 12.9. The summed E-state index contributed by atoms with van der Waals surface area (Å²) in [7, 11) is -5.10. The molecule has 5 aromatic rings. The van der Waals surface area contributed by atoms with Gasteiger partial charge in [0.05, 0.1) is 6.61 Å². The van der Waals surface area contributed by atoms with Crippen molar-refractivity contribution in [3.63, 3.8) is 0 Å². The Morgan fingerprint density at radius 1 is 0.500 bits per heavy atom. The molecule has 240 valence electrons. The first kappa shape index (κ1) is 35.4. The normalized spacial score (nSPS) is 12.3. The molecule has 0 radical (unpaired) electrons. The van der Waals surface area contributed by atoms with Gasteiger partial charge in [-0.2, -0.15) is 11.1 Å². The van der Waals surface area contributed by atoms with Gasteiger partial charge in [-0.1, -0.05) is 169 Å². The maximum atomic E-state index is 14.3. The molecule has 0 aliphatic heterocycles. The Labute approximate surface area is 278 Å². The topological polar surface area (TPSA) is 9.23 Å². The molecular formula is C39H42ClF3OSi2. The van der Waals surface area contributed by atoms with E-state index in [1.165, 1.54) is 16.4 Å². The highest BCUT2D eigenvalue weighted by atomic mass is 35.6. The first-order valence-corrected chi connectivity index (χ1v) is 20.3. The highest BCUT2D eigenvalue weighted by Crippen LogP contribution is 2.39. The molecule has 0 aromatic heterocycles. The van der Waals surface area contributed by atoms with Crippen LogP contribution >= 0.6 is 11.1 Å². The predicted molar refractivity (Wildman–Crippen MR) is 192 cm³/mol. The maximum Gasteiger partial charge on any atom is 0.261 e. The molecular weight excluding hydrogens is 633 g/mol. The van der Waals surface area contributed by atoms with E-state index in [-0.39, 0.29) is 22.2 Å². The summed E-state index contributed by atoms with van der Waals surface area (Å²) >= 11 is 7.21. The lowest BCUT2D eigenvalue weighted by atomic mass is 10.2. The predicted octanol–water partition coefficient (Wildman–Crippen LogP) is 8.97. The minimum Gasteiger partial charge on any atom is -0.403 e. The Bertz CT molecular complexity index is 1610. The summed E-state index contributed by atoms with van der Waals surface area (Å²) in [5.74, 6) is -3.87. The van der Waals surface area contributed by atoms with Crippen molar-refractivity contribution in [1.29, 1.82) is 0 Å². The van der Waals surface area contributed by atoms with E-state index in [2.05, 4.69) is 90.1 Å². The van der Waals surface area contributed by atoms with Crippen molar-refractivity contribution in [3.05, 3.63) is 156 Å². The zero-order valence-corrected chi connectivity index (χ0v) is 30.1. The van der Waals surface area contributed by atoms with Gasteiger partial charge in [0.1, 0.15) is 0 Å². The van der Waals surface area contributed by atoms with Gasteiger partial charge in [-0.25, -0.2) is 13.2 Å². The molecule has 5 rings (SSSR count). The van der Waals surface area contributed by atoms with Crippen LogP contribution in [0.5, 0.6) is 0 Å². The second kappa shape index (κ2) is 14.6. The van der Waals surface area contributed by atoms with E-state index < -0.39 is 33.2 Å². The summed E-state index contributed by atoms with van der Waals surface area (Å²) in [6, 6.07) is 43.0. The molecule has 0 unspecified atom stereocenters. The fraction of sp³-hybridized carbons (Fsp3) is 0.231. The van der Waals surface area contributed by atoms with Crippen molar-refractivity contribution in [1.82, 2.24) is 0 Å². The SMILES string of the molecule is CC(C)(C)[Si](Cl)(c1ccccc1)c1ccccc1.CC(C)(C)[Si](OCc1ccc(F)c(F)c1F)(c1ccccc1)c1ccccc1. The summed E-state index contributed by atoms with van der Waals surface area (Å²) < 4.78 is 47.8. The molecule has 0 spiro atoms. The molecule has 5 aromatic carbocycles. The van der Waals surface area contributed by atoms with Crippen molar-refractivity contribution < 1.29 is 17.6 Å². The van der Waals surface area contributed by atoms with Gasteiger partial charge in [-0.05, 0) is 36.9 Å². The van der Waals surface area contributed by atoms with Crippen LogP contribution in [0.4, 0.5) is 13.2 Å². The minimum absolute atomic E-state index is 0.00638. The van der Waals surface area contributed by atoms with Crippen LogP contribution in [-0.2, 0) is 11.0 Å². The molecule has 0 aliphatic carbocycles. The summed E-state index contributed by atoms with van der Waals surface area (Å²) in [5, 5.41) is 4.42. The first-order chi connectivity index (χ1) is 21.7. The number of benzene rings is 5. The van der Waals surface area contributed by atoms with E-state index in [1.54, 1.807) is 0 Å². The Morgan fingerprint density at radius 3 is 1.22 bits per heavy atom. The van der Waals surface area contributed by atoms with Gasteiger partial charge in [0.15, 0.2) is 17.5 Å². The van der Waals surface area contributed by atoms with Gasteiger partial charge in [0.25, 0.3) is 8.32 Å². The van der Waals surface area contributed by atoms with Crippen LogP contribution in [-0.4, -0.2) is 15.7 Å². The van der Waals surface area contributed by atoms with Crippen LogP contribution in [0.25, 0.3) is 0 Å². The van der Waals surface area contributed by atoms with Crippen LogP contribution in [0.2, 0.25) is 10.1 Å². The third-order valence-electron chi connectivity index (χ3n) is 8.35.